The molecule has 0 aliphatic carbocycles. The molecule has 0 saturated carbocycles. The first-order chi connectivity index (χ1) is 12.0. The molecule has 0 spiro atoms. The van der Waals surface area contributed by atoms with E-state index in [-0.39, 0.29) is 6.54 Å². The van der Waals surface area contributed by atoms with Crippen LogP contribution in [-0.4, -0.2) is 27.9 Å². The zero-order valence-corrected chi connectivity index (χ0v) is 14.5. The smallest absolute Gasteiger partial charge is 0.253 e. The molecule has 0 radical (unpaired) electrons. The summed E-state index contributed by atoms with van der Waals surface area (Å²) < 4.78 is 6.86. The van der Waals surface area contributed by atoms with Crippen molar-refractivity contribution in [3.05, 3.63) is 59.3 Å². The summed E-state index contributed by atoms with van der Waals surface area (Å²) in [5, 5.41) is 18.4. The molecule has 1 atom stereocenters. The number of amides is 1. The van der Waals surface area contributed by atoms with E-state index in [1.165, 1.54) is 0 Å². The first kappa shape index (κ1) is 17.0. The maximum atomic E-state index is 12.3. The summed E-state index contributed by atoms with van der Waals surface area (Å²) in [6.45, 7) is 2.27. The number of aliphatic hydroxyl groups excluding tert-OH is 1. The zero-order valence-electron chi connectivity index (χ0n) is 14.5. The molecule has 0 aliphatic rings. The number of rotatable bonds is 5. The lowest BCUT2D eigenvalue weighted by molar-refractivity contribution is -0.129. The minimum absolute atomic E-state index is 0.257. The summed E-state index contributed by atoms with van der Waals surface area (Å²) >= 11 is 0. The SMILES string of the molecule is COc1ccc(C(O)C(=O)NCc2nn(C)c3ccc(C)cc23)cc1. The normalized spacial score (nSPS) is 12.2. The summed E-state index contributed by atoms with van der Waals surface area (Å²) in [6.07, 6.45) is -1.23. The summed E-state index contributed by atoms with van der Waals surface area (Å²) in [4.78, 5) is 12.3. The number of aromatic nitrogens is 2. The molecule has 0 saturated heterocycles. The Morgan fingerprint density at radius 1 is 1.28 bits per heavy atom. The number of nitrogens with zero attached hydrogens (tertiary/aromatic N) is 2. The molecule has 130 valence electrons. The lowest BCUT2D eigenvalue weighted by Crippen LogP contribution is -2.29. The van der Waals surface area contributed by atoms with Gasteiger partial charge in [-0.25, -0.2) is 0 Å². The topological polar surface area (TPSA) is 76.4 Å². The molecule has 3 aromatic rings. The Morgan fingerprint density at radius 2 is 2.00 bits per heavy atom. The molecule has 0 bridgehead atoms. The minimum atomic E-state index is -1.23. The van der Waals surface area contributed by atoms with Crippen molar-refractivity contribution in [2.75, 3.05) is 7.11 Å². The van der Waals surface area contributed by atoms with Crippen molar-refractivity contribution in [2.45, 2.75) is 19.6 Å². The number of hydrogen-bond donors (Lipinski definition) is 2. The Bertz CT molecular complexity index is 900. The lowest BCUT2D eigenvalue weighted by atomic mass is 10.1. The molecule has 2 aromatic carbocycles. The second kappa shape index (κ2) is 6.94. The Hall–Kier alpha value is -2.86. The van der Waals surface area contributed by atoms with Gasteiger partial charge in [0.1, 0.15) is 5.75 Å². The standard InChI is InChI=1S/C19H21N3O3/c1-12-4-9-17-15(10-12)16(21-22(17)2)11-20-19(24)18(23)13-5-7-14(25-3)8-6-13/h4-10,18,23H,11H2,1-3H3,(H,20,24). The van der Waals surface area contributed by atoms with Crippen LogP contribution in [0, 0.1) is 6.92 Å². The molecular weight excluding hydrogens is 318 g/mol. The van der Waals surface area contributed by atoms with E-state index in [0.29, 0.717) is 11.3 Å². The van der Waals surface area contributed by atoms with Crippen LogP contribution in [0.1, 0.15) is 22.9 Å². The van der Waals surface area contributed by atoms with Crippen LogP contribution in [0.3, 0.4) is 0 Å². The number of carbonyl (C=O) groups is 1. The van der Waals surface area contributed by atoms with E-state index >= 15 is 0 Å². The minimum Gasteiger partial charge on any atom is -0.497 e. The van der Waals surface area contributed by atoms with Crippen molar-refractivity contribution in [1.29, 1.82) is 0 Å². The number of methoxy groups -OCH3 is 1. The van der Waals surface area contributed by atoms with E-state index in [1.807, 2.05) is 32.2 Å². The molecule has 1 amide bonds. The molecule has 25 heavy (non-hydrogen) atoms. The molecule has 3 rings (SSSR count). The molecule has 1 heterocycles. The van der Waals surface area contributed by atoms with Crippen LogP contribution in [0.4, 0.5) is 0 Å². The van der Waals surface area contributed by atoms with E-state index < -0.39 is 12.0 Å². The van der Waals surface area contributed by atoms with Crippen molar-refractivity contribution < 1.29 is 14.6 Å². The predicted octanol–water partition coefficient (Wildman–Crippen LogP) is 2.24. The van der Waals surface area contributed by atoms with Gasteiger partial charge < -0.3 is 15.2 Å². The van der Waals surface area contributed by atoms with Gasteiger partial charge in [0.05, 0.1) is 24.9 Å². The highest BCUT2D eigenvalue weighted by Crippen LogP contribution is 2.20. The van der Waals surface area contributed by atoms with Gasteiger partial charge in [-0.05, 0) is 36.8 Å². The van der Waals surface area contributed by atoms with E-state index in [9.17, 15) is 9.90 Å². The van der Waals surface area contributed by atoms with Crippen molar-refractivity contribution in [3.63, 3.8) is 0 Å². The number of carbonyl (C=O) groups excluding carboxylic acids is 1. The van der Waals surface area contributed by atoms with Crippen molar-refractivity contribution >= 4 is 16.8 Å². The Balaban J connectivity index is 1.72. The van der Waals surface area contributed by atoms with Crippen molar-refractivity contribution in [2.24, 2.45) is 7.05 Å². The van der Waals surface area contributed by atoms with E-state index in [4.69, 9.17) is 4.74 Å². The average Bonchev–Trinajstić information content (AvgIpc) is 2.94. The first-order valence-electron chi connectivity index (χ1n) is 8.01. The summed E-state index contributed by atoms with van der Waals surface area (Å²) in [7, 11) is 3.44. The number of nitrogens with one attached hydrogen (secondary N) is 1. The van der Waals surface area contributed by atoms with Crippen LogP contribution in [0.2, 0.25) is 0 Å². The fourth-order valence-electron chi connectivity index (χ4n) is 2.79. The Labute approximate surface area is 146 Å². The van der Waals surface area contributed by atoms with E-state index in [0.717, 1.165) is 22.2 Å². The second-order valence-corrected chi connectivity index (χ2v) is 5.98. The molecule has 2 N–H and O–H groups in total. The number of fused-ring (bicyclic) bond motifs is 1. The number of hydrogen-bond acceptors (Lipinski definition) is 4. The van der Waals surface area contributed by atoms with Gasteiger partial charge in [-0.2, -0.15) is 5.10 Å². The molecule has 0 fully saturated rings. The maximum absolute atomic E-state index is 12.3. The number of ether oxygens (including phenoxy) is 1. The van der Waals surface area contributed by atoms with Crippen LogP contribution < -0.4 is 10.1 Å². The fourth-order valence-corrected chi connectivity index (χ4v) is 2.79. The molecule has 6 nitrogen and oxygen atoms in total. The maximum Gasteiger partial charge on any atom is 0.253 e. The van der Waals surface area contributed by atoms with Gasteiger partial charge in [0.15, 0.2) is 6.10 Å². The Morgan fingerprint density at radius 3 is 2.68 bits per heavy atom. The summed E-state index contributed by atoms with van der Waals surface area (Å²) in [6, 6.07) is 12.8. The third kappa shape index (κ3) is 3.49. The van der Waals surface area contributed by atoms with Gasteiger partial charge in [0.2, 0.25) is 0 Å². The predicted molar refractivity (Wildman–Crippen MR) is 95.3 cm³/mol. The highest BCUT2D eigenvalue weighted by atomic mass is 16.5. The number of benzene rings is 2. The molecule has 6 heteroatoms. The summed E-state index contributed by atoms with van der Waals surface area (Å²) in [5.74, 6) is 0.211. The number of aryl methyl sites for hydroxylation is 2. The quantitative estimate of drug-likeness (QED) is 0.747. The highest BCUT2D eigenvalue weighted by Gasteiger charge is 2.18. The van der Waals surface area contributed by atoms with Gasteiger partial charge in [-0.15, -0.1) is 0 Å². The fraction of sp³-hybridized carbons (Fsp3) is 0.263. The molecule has 1 aromatic heterocycles. The first-order valence-corrected chi connectivity index (χ1v) is 8.01. The van der Waals surface area contributed by atoms with Gasteiger partial charge >= 0.3 is 0 Å². The van der Waals surface area contributed by atoms with E-state index in [2.05, 4.69) is 10.4 Å². The van der Waals surface area contributed by atoms with Gasteiger partial charge in [-0.3, -0.25) is 9.48 Å². The van der Waals surface area contributed by atoms with Crippen LogP contribution in [0.15, 0.2) is 42.5 Å². The molecule has 1 unspecified atom stereocenters. The third-order valence-corrected chi connectivity index (χ3v) is 4.19. The third-order valence-electron chi connectivity index (χ3n) is 4.19. The van der Waals surface area contributed by atoms with Crippen molar-refractivity contribution in [1.82, 2.24) is 15.1 Å². The molecular formula is C19H21N3O3. The van der Waals surface area contributed by atoms with Crippen LogP contribution in [0.5, 0.6) is 5.75 Å². The van der Waals surface area contributed by atoms with Crippen LogP contribution >= 0.6 is 0 Å². The zero-order chi connectivity index (χ0) is 18.0. The second-order valence-electron chi connectivity index (χ2n) is 5.98. The largest absolute Gasteiger partial charge is 0.497 e. The van der Waals surface area contributed by atoms with Crippen molar-refractivity contribution in [3.8, 4) is 5.75 Å². The van der Waals surface area contributed by atoms with Crippen LogP contribution in [0.25, 0.3) is 10.9 Å². The number of aliphatic hydroxyl groups is 1. The van der Waals surface area contributed by atoms with Gasteiger partial charge in [0, 0.05) is 12.4 Å². The Kier molecular flexibility index (Phi) is 4.72. The van der Waals surface area contributed by atoms with Crippen LogP contribution in [-0.2, 0) is 18.4 Å². The van der Waals surface area contributed by atoms with Gasteiger partial charge in [0.25, 0.3) is 5.91 Å². The molecule has 0 aliphatic heterocycles. The van der Waals surface area contributed by atoms with Gasteiger partial charge in [-0.1, -0.05) is 23.8 Å². The highest BCUT2D eigenvalue weighted by molar-refractivity contribution is 5.85. The van der Waals surface area contributed by atoms with E-state index in [1.54, 1.807) is 36.1 Å². The monoisotopic (exact) mass is 339 g/mol. The summed E-state index contributed by atoms with van der Waals surface area (Å²) in [5.41, 5.74) is 3.42. The average molecular weight is 339 g/mol. The lowest BCUT2D eigenvalue weighted by Gasteiger charge is -2.11.